The smallest absolute Gasteiger partial charge is 0.337 e. The Morgan fingerprint density at radius 3 is 2.67 bits per heavy atom. The molecule has 0 aromatic heterocycles. The molecular weight excluding hydrogens is 334 g/mol. The van der Waals surface area contributed by atoms with Gasteiger partial charge in [-0.2, -0.15) is 0 Å². The predicted octanol–water partition coefficient (Wildman–Crippen LogP) is 3.79. The van der Waals surface area contributed by atoms with Crippen LogP contribution >= 0.6 is 15.9 Å². The molecule has 0 saturated heterocycles. The Morgan fingerprint density at radius 1 is 1.29 bits per heavy atom. The normalized spacial score (nSPS) is 10.2. The number of methoxy groups -OCH3 is 1. The minimum Gasteiger partial charge on any atom is -0.496 e. The molecule has 0 aliphatic heterocycles. The van der Waals surface area contributed by atoms with E-state index in [0.717, 1.165) is 15.8 Å². The van der Waals surface area contributed by atoms with Crippen molar-refractivity contribution in [2.45, 2.75) is 6.54 Å². The van der Waals surface area contributed by atoms with Crippen molar-refractivity contribution >= 4 is 27.6 Å². The molecule has 21 heavy (non-hydrogen) atoms. The van der Waals surface area contributed by atoms with E-state index in [0.29, 0.717) is 12.2 Å². The Bertz CT molecular complexity index is 658. The van der Waals surface area contributed by atoms with Gasteiger partial charge in [0.15, 0.2) is 0 Å². The number of carboxylic acid groups (broad SMARTS) is 1. The maximum atomic E-state index is 11.3. The molecule has 0 aliphatic rings. The van der Waals surface area contributed by atoms with Crippen molar-refractivity contribution in [2.24, 2.45) is 0 Å². The zero-order valence-corrected chi connectivity index (χ0v) is 13.4. The zero-order chi connectivity index (χ0) is 15.4. The Kier molecular flexibility index (Phi) is 4.85. The van der Waals surface area contributed by atoms with E-state index in [1.807, 2.05) is 36.2 Å². The molecule has 0 amide bonds. The van der Waals surface area contributed by atoms with Gasteiger partial charge in [0.25, 0.3) is 0 Å². The zero-order valence-electron chi connectivity index (χ0n) is 11.8. The van der Waals surface area contributed by atoms with Crippen molar-refractivity contribution in [3.63, 3.8) is 0 Å². The lowest BCUT2D eigenvalue weighted by Gasteiger charge is -2.22. The van der Waals surface area contributed by atoms with Crippen molar-refractivity contribution in [2.75, 3.05) is 19.1 Å². The van der Waals surface area contributed by atoms with Gasteiger partial charge in [0.1, 0.15) is 5.75 Å². The summed E-state index contributed by atoms with van der Waals surface area (Å²) in [4.78, 5) is 13.2. The summed E-state index contributed by atoms with van der Waals surface area (Å²) in [7, 11) is 3.49. The largest absolute Gasteiger partial charge is 0.496 e. The molecule has 0 bridgehead atoms. The SMILES string of the molecule is COc1ccccc1CN(C)c1cc(Br)ccc1C(=O)O. The summed E-state index contributed by atoms with van der Waals surface area (Å²) in [6, 6.07) is 12.8. The van der Waals surface area contributed by atoms with E-state index < -0.39 is 5.97 Å². The molecule has 2 aromatic rings. The van der Waals surface area contributed by atoms with Crippen molar-refractivity contribution in [3.05, 3.63) is 58.1 Å². The minimum absolute atomic E-state index is 0.274. The molecule has 0 unspecified atom stereocenters. The fraction of sp³-hybridized carbons (Fsp3) is 0.188. The summed E-state index contributed by atoms with van der Waals surface area (Å²) in [6.45, 7) is 0.556. The summed E-state index contributed by atoms with van der Waals surface area (Å²) in [5, 5.41) is 9.31. The van der Waals surface area contributed by atoms with E-state index in [9.17, 15) is 9.90 Å². The monoisotopic (exact) mass is 349 g/mol. The summed E-state index contributed by atoms with van der Waals surface area (Å²) in [5.41, 5.74) is 1.93. The number of hydrogen-bond donors (Lipinski definition) is 1. The number of ether oxygens (including phenoxy) is 1. The predicted molar refractivity (Wildman–Crippen MR) is 86.2 cm³/mol. The van der Waals surface area contributed by atoms with Gasteiger partial charge in [-0.25, -0.2) is 4.79 Å². The second-order valence-electron chi connectivity index (χ2n) is 4.63. The molecule has 1 N–H and O–H groups in total. The van der Waals surface area contributed by atoms with Crippen LogP contribution in [-0.2, 0) is 6.54 Å². The topological polar surface area (TPSA) is 49.8 Å². The molecular formula is C16H16BrNO3. The van der Waals surface area contributed by atoms with Crippen LogP contribution in [0.25, 0.3) is 0 Å². The third-order valence-electron chi connectivity index (χ3n) is 3.20. The van der Waals surface area contributed by atoms with E-state index in [1.54, 1.807) is 25.3 Å². The average Bonchev–Trinajstić information content (AvgIpc) is 2.47. The van der Waals surface area contributed by atoms with Gasteiger partial charge < -0.3 is 14.7 Å². The van der Waals surface area contributed by atoms with Gasteiger partial charge >= 0.3 is 5.97 Å². The molecule has 0 fully saturated rings. The number of hydrogen-bond acceptors (Lipinski definition) is 3. The van der Waals surface area contributed by atoms with Gasteiger partial charge in [0.05, 0.1) is 18.4 Å². The quantitative estimate of drug-likeness (QED) is 0.891. The number of carbonyl (C=O) groups is 1. The Morgan fingerprint density at radius 2 is 2.00 bits per heavy atom. The second-order valence-corrected chi connectivity index (χ2v) is 5.55. The van der Waals surface area contributed by atoms with Crippen LogP contribution in [0.5, 0.6) is 5.75 Å². The van der Waals surface area contributed by atoms with Crippen LogP contribution < -0.4 is 9.64 Å². The molecule has 2 aromatic carbocycles. The van der Waals surface area contributed by atoms with Crippen LogP contribution in [0.4, 0.5) is 5.69 Å². The number of aromatic carboxylic acids is 1. The minimum atomic E-state index is -0.940. The second kappa shape index (κ2) is 6.63. The first-order valence-corrected chi connectivity index (χ1v) is 7.18. The highest BCUT2D eigenvalue weighted by Crippen LogP contribution is 2.27. The van der Waals surface area contributed by atoms with Crippen LogP contribution in [-0.4, -0.2) is 25.2 Å². The molecule has 0 spiro atoms. The number of para-hydroxylation sites is 1. The molecule has 2 rings (SSSR count). The Labute approximate surface area is 132 Å². The maximum Gasteiger partial charge on any atom is 0.337 e. The summed E-state index contributed by atoms with van der Waals surface area (Å²) >= 11 is 3.38. The van der Waals surface area contributed by atoms with Crippen molar-refractivity contribution in [3.8, 4) is 5.75 Å². The van der Waals surface area contributed by atoms with Crippen LogP contribution in [0.2, 0.25) is 0 Å². The molecule has 4 nitrogen and oxygen atoms in total. The van der Waals surface area contributed by atoms with Crippen molar-refractivity contribution in [1.29, 1.82) is 0 Å². The van der Waals surface area contributed by atoms with Crippen LogP contribution in [0.15, 0.2) is 46.9 Å². The molecule has 5 heteroatoms. The third-order valence-corrected chi connectivity index (χ3v) is 3.69. The number of carboxylic acids is 1. The molecule has 0 saturated carbocycles. The molecule has 0 heterocycles. The lowest BCUT2D eigenvalue weighted by molar-refractivity contribution is 0.0697. The molecule has 0 aliphatic carbocycles. The molecule has 0 atom stereocenters. The average molecular weight is 350 g/mol. The van der Waals surface area contributed by atoms with E-state index in [-0.39, 0.29) is 5.56 Å². The van der Waals surface area contributed by atoms with Gasteiger partial charge in [0.2, 0.25) is 0 Å². The van der Waals surface area contributed by atoms with E-state index >= 15 is 0 Å². The summed E-state index contributed by atoms with van der Waals surface area (Å²) in [5.74, 6) is -0.152. The Hall–Kier alpha value is -2.01. The maximum absolute atomic E-state index is 11.3. The molecule has 110 valence electrons. The number of nitrogens with zero attached hydrogens (tertiary/aromatic N) is 1. The highest BCUT2D eigenvalue weighted by Gasteiger charge is 2.15. The summed E-state index contributed by atoms with van der Waals surface area (Å²) in [6.07, 6.45) is 0. The van der Waals surface area contributed by atoms with E-state index in [2.05, 4.69) is 15.9 Å². The van der Waals surface area contributed by atoms with Gasteiger partial charge in [-0.1, -0.05) is 34.1 Å². The first kappa shape index (κ1) is 15.4. The third kappa shape index (κ3) is 3.55. The number of anilines is 1. The highest BCUT2D eigenvalue weighted by molar-refractivity contribution is 9.10. The summed E-state index contributed by atoms with van der Waals surface area (Å²) < 4.78 is 6.17. The van der Waals surface area contributed by atoms with Crippen LogP contribution in [0, 0.1) is 0 Å². The lowest BCUT2D eigenvalue weighted by atomic mass is 10.1. The van der Waals surface area contributed by atoms with Crippen molar-refractivity contribution in [1.82, 2.24) is 0 Å². The Balaban J connectivity index is 2.34. The highest BCUT2D eigenvalue weighted by atomic mass is 79.9. The fourth-order valence-electron chi connectivity index (χ4n) is 2.18. The first-order valence-electron chi connectivity index (χ1n) is 6.39. The van der Waals surface area contributed by atoms with Gasteiger partial charge in [-0.15, -0.1) is 0 Å². The standard InChI is InChI=1S/C16H16BrNO3/c1-18(10-11-5-3-4-6-15(11)21-2)14-9-12(17)7-8-13(14)16(19)20/h3-9H,10H2,1-2H3,(H,19,20). The van der Waals surface area contributed by atoms with E-state index in [1.165, 1.54) is 0 Å². The van der Waals surface area contributed by atoms with Gasteiger partial charge in [-0.3, -0.25) is 0 Å². The number of halogens is 1. The van der Waals surface area contributed by atoms with Crippen LogP contribution in [0.1, 0.15) is 15.9 Å². The molecule has 0 radical (unpaired) electrons. The number of rotatable bonds is 5. The van der Waals surface area contributed by atoms with Crippen LogP contribution in [0.3, 0.4) is 0 Å². The van der Waals surface area contributed by atoms with Gasteiger partial charge in [-0.05, 0) is 24.3 Å². The lowest BCUT2D eigenvalue weighted by Crippen LogP contribution is -2.19. The van der Waals surface area contributed by atoms with Crippen molar-refractivity contribution < 1.29 is 14.6 Å². The van der Waals surface area contributed by atoms with E-state index in [4.69, 9.17) is 4.74 Å². The fourth-order valence-corrected chi connectivity index (χ4v) is 2.52. The van der Waals surface area contributed by atoms with Gasteiger partial charge in [0, 0.05) is 23.6 Å². The number of benzene rings is 2. The first-order chi connectivity index (χ1) is 10.0.